The van der Waals surface area contributed by atoms with Crippen LogP contribution in [0.15, 0.2) is 30.6 Å². The van der Waals surface area contributed by atoms with Crippen molar-refractivity contribution in [3.05, 3.63) is 42.2 Å². The van der Waals surface area contributed by atoms with Crippen LogP contribution in [0.2, 0.25) is 0 Å². The second-order valence-corrected chi connectivity index (χ2v) is 10.2. The molecule has 178 valence electrons. The van der Waals surface area contributed by atoms with Gasteiger partial charge in [0.15, 0.2) is 5.82 Å². The molecule has 1 aliphatic heterocycles. The summed E-state index contributed by atoms with van der Waals surface area (Å²) in [6, 6.07) is 6.89. The van der Waals surface area contributed by atoms with Crippen LogP contribution in [0.5, 0.6) is 0 Å². The van der Waals surface area contributed by atoms with E-state index in [0.717, 1.165) is 40.8 Å². The van der Waals surface area contributed by atoms with Gasteiger partial charge in [-0.05, 0) is 83.3 Å². The first-order chi connectivity index (χ1) is 16.5. The molecule has 4 aromatic rings. The number of likely N-dealkylation sites (tertiary alicyclic amines) is 1. The standard InChI is InChI=1S/C26H32FN7/c1-16(2)34-17(3)29-25-22(27)11-18(12-23(25)34)21-7-10-33-24(21)15-28-26(31-33)30-19-13-20(14-19)32-8-5-4-6-9-32/h7,10-12,15-16,19-20H,4-6,8-9,13-14H2,1-3H3,(H,30,31). The van der Waals surface area contributed by atoms with Gasteiger partial charge < -0.3 is 14.8 Å². The second kappa shape index (κ2) is 8.34. The number of rotatable bonds is 5. The van der Waals surface area contributed by atoms with Gasteiger partial charge in [-0.25, -0.2) is 18.9 Å². The van der Waals surface area contributed by atoms with Gasteiger partial charge in [-0.1, -0.05) is 6.42 Å². The molecule has 1 saturated heterocycles. The van der Waals surface area contributed by atoms with Gasteiger partial charge in [0.05, 0.1) is 17.2 Å². The number of imidazole rings is 1. The minimum atomic E-state index is -0.304. The van der Waals surface area contributed by atoms with E-state index in [-0.39, 0.29) is 11.9 Å². The highest BCUT2D eigenvalue weighted by Gasteiger charge is 2.34. The van der Waals surface area contributed by atoms with Crippen molar-refractivity contribution in [3.8, 4) is 11.1 Å². The average Bonchev–Trinajstić information content (AvgIpc) is 3.37. The number of aromatic nitrogens is 5. The Morgan fingerprint density at radius 3 is 2.65 bits per heavy atom. The van der Waals surface area contributed by atoms with E-state index in [1.54, 1.807) is 6.07 Å². The van der Waals surface area contributed by atoms with Crippen molar-refractivity contribution in [2.45, 2.75) is 71.0 Å². The average molecular weight is 462 g/mol. The van der Waals surface area contributed by atoms with Crippen molar-refractivity contribution >= 4 is 22.5 Å². The van der Waals surface area contributed by atoms with Gasteiger partial charge in [0, 0.05) is 29.9 Å². The molecule has 2 fully saturated rings. The van der Waals surface area contributed by atoms with Gasteiger partial charge in [0.1, 0.15) is 11.3 Å². The number of piperidine rings is 1. The van der Waals surface area contributed by atoms with Crippen LogP contribution in [0, 0.1) is 12.7 Å². The molecule has 2 aliphatic rings. The quantitative estimate of drug-likeness (QED) is 0.442. The molecule has 0 amide bonds. The molecule has 1 saturated carbocycles. The molecule has 7 nitrogen and oxygen atoms in total. The highest BCUT2D eigenvalue weighted by atomic mass is 19.1. The predicted octanol–water partition coefficient (Wildman–Crippen LogP) is 5.20. The van der Waals surface area contributed by atoms with Crippen LogP contribution in [0.1, 0.15) is 57.8 Å². The summed E-state index contributed by atoms with van der Waals surface area (Å²) in [5.41, 5.74) is 3.81. The number of nitrogens with one attached hydrogen (secondary N) is 1. The maximum absolute atomic E-state index is 15.0. The summed E-state index contributed by atoms with van der Waals surface area (Å²) in [7, 11) is 0. The first-order valence-corrected chi connectivity index (χ1v) is 12.5. The number of hydrogen-bond acceptors (Lipinski definition) is 5. The van der Waals surface area contributed by atoms with E-state index in [1.165, 1.54) is 32.4 Å². The Morgan fingerprint density at radius 2 is 1.88 bits per heavy atom. The minimum Gasteiger partial charge on any atom is -0.350 e. The third-order valence-electron chi connectivity index (χ3n) is 7.52. The van der Waals surface area contributed by atoms with E-state index in [2.05, 4.69) is 43.7 Å². The molecular weight excluding hydrogens is 429 g/mol. The molecule has 0 atom stereocenters. The summed E-state index contributed by atoms with van der Waals surface area (Å²) in [4.78, 5) is 11.7. The molecule has 6 rings (SSSR count). The molecule has 1 aliphatic carbocycles. The Kier molecular flexibility index (Phi) is 5.28. The number of benzene rings is 1. The van der Waals surface area contributed by atoms with Crippen molar-refractivity contribution in [2.75, 3.05) is 18.4 Å². The fourth-order valence-corrected chi connectivity index (χ4v) is 5.76. The topological polar surface area (TPSA) is 63.3 Å². The first kappa shape index (κ1) is 21.5. The molecule has 4 heterocycles. The third-order valence-corrected chi connectivity index (χ3v) is 7.52. The number of halogens is 1. The summed E-state index contributed by atoms with van der Waals surface area (Å²) in [6.07, 6.45) is 10.1. The van der Waals surface area contributed by atoms with Gasteiger partial charge in [0.2, 0.25) is 5.95 Å². The Labute approximate surface area is 199 Å². The number of anilines is 1. The van der Waals surface area contributed by atoms with Crippen LogP contribution in [0.25, 0.3) is 27.7 Å². The van der Waals surface area contributed by atoms with Crippen molar-refractivity contribution in [1.29, 1.82) is 0 Å². The highest BCUT2D eigenvalue weighted by molar-refractivity contribution is 5.88. The van der Waals surface area contributed by atoms with Crippen molar-refractivity contribution < 1.29 is 4.39 Å². The normalized spacial score (nSPS) is 21.4. The zero-order valence-electron chi connectivity index (χ0n) is 20.1. The summed E-state index contributed by atoms with van der Waals surface area (Å²) in [6.45, 7) is 8.59. The van der Waals surface area contributed by atoms with Crippen LogP contribution >= 0.6 is 0 Å². The Hall–Kier alpha value is -3.00. The van der Waals surface area contributed by atoms with E-state index in [4.69, 9.17) is 0 Å². The molecule has 8 heteroatoms. The van der Waals surface area contributed by atoms with E-state index in [9.17, 15) is 4.39 Å². The Balaban J connectivity index is 1.24. The Morgan fingerprint density at radius 1 is 1.09 bits per heavy atom. The number of fused-ring (bicyclic) bond motifs is 2. The third kappa shape index (κ3) is 3.64. The Bertz CT molecular complexity index is 1340. The van der Waals surface area contributed by atoms with Crippen molar-refractivity contribution in [2.24, 2.45) is 0 Å². The lowest BCUT2D eigenvalue weighted by Gasteiger charge is -2.44. The number of nitrogens with zero attached hydrogens (tertiary/aromatic N) is 6. The molecule has 0 bridgehead atoms. The van der Waals surface area contributed by atoms with E-state index in [0.29, 0.717) is 23.5 Å². The van der Waals surface area contributed by atoms with Crippen LogP contribution in [-0.4, -0.2) is 54.2 Å². The summed E-state index contributed by atoms with van der Waals surface area (Å²) < 4.78 is 18.9. The van der Waals surface area contributed by atoms with Gasteiger partial charge in [-0.15, -0.1) is 5.10 Å². The molecule has 0 unspecified atom stereocenters. The largest absolute Gasteiger partial charge is 0.350 e. The highest BCUT2D eigenvalue weighted by Crippen LogP contribution is 2.33. The maximum atomic E-state index is 15.0. The molecule has 1 aromatic carbocycles. The lowest BCUT2D eigenvalue weighted by atomic mass is 9.84. The molecule has 1 N–H and O–H groups in total. The van der Waals surface area contributed by atoms with Gasteiger partial charge >= 0.3 is 0 Å². The van der Waals surface area contributed by atoms with Crippen molar-refractivity contribution in [1.82, 2.24) is 29.0 Å². The van der Waals surface area contributed by atoms with Crippen LogP contribution in [-0.2, 0) is 0 Å². The fraction of sp³-hybridized carbons (Fsp3) is 0.500. The minimum absolute atomic E-state index is 0.198. The van der Waals surface area contributed by atoms with Gasteiger partial charge in [-0.2, -0.15) is 0 Å². The molecule has 0 spiro atoms. The lowest BCUT2D eigenvalue weighted by molar-refractivity contribution is 0.0957. The summed E-state index contributed by atoms with van der Waals surface area (Å²) in [5.74, 6) is 1.16. The SMILES string of the molecule is Cc1nc2c(F)cc(-c3ccn4nc(NC5CC(N6CCCCC6)C5)ncc34)cc2n1C(C)C. The first-order valence-electron chi connectivity index (χ1n) is 12.5. The zero-order valence-corrected chi connectivity index (χ0v) is 20.1. The lowest BCUT2D eigenvalue weighted by Crippen LogP contribution is -2.51. The smallest absolute Gasteiger partial charge is 0.241 e. The van der Waals surface area contributed by atoms with Crippen LogP contribution in [0.4, 0.5) is 10.3 Å². The van der Waals surface area contributed by atoms with E-state index in [1.807, 2.05) is 36.0 Å². The molecular formula is C26H32FN7. The summed E-state index contributed by atoms with van der Waals surface area (Å²) in [5, 5.41) is 8.19. The van der Waals surface area contributed by atoms with Crippen LogP contribution in [0.3, 0.4) is 0 Å². The number of hydrogen-bond donors (Lipinski definition) is 1. The second-order valence-electron chi connectivity index (χ2n) is 10.2. The zero-order chi connectivity index (χ0) is 23.4. The van der Waals surface area contributed by atoms with E-state index >= 15 is 0 Å². The molecule has 34 heavy (non-hydrogen) atoms. The molecule has 3 aromatic heterocycles. The predicted molar refractivity (Wildman–Crippen MR) is 133 cm³/mol. The van der Waals surface area contributed by atoms with E-state index < -0.39 is 0 Å². The number of aryl methyl sites for hydroxylation is 1. The molecule has 0 radical (unpaired) electrons. The van der Waals surface area contributed by atoms with Crippen LogP contribution < -0.4 is 5.32 Å². The van der Waals surface area contributed by atoms with Gasteiger partial charge in [-0.3, -0.25) is 0 Å². The van der Waals surface area contributed by atoms with Gasteiger partial charge in [0.25, 0.3) is 0 Å². The van der Waals surface area contributed by atoms with Crippen molar-refractivity contribution in [3.63, 3.8) is 0 Å². The monoisotopic (exact) mass is 461 g/mol. The maximum Gasteiger partial charge on any atom is 0.241 e. The summed E-state index contributed by atoms with van der Waals surface area (Å²) >= 11 is 0. The fourth-order valence-electron chi connectivity index (χ4n) is 5.76.